The van der Waals surface area contributed by atoms with E-state index in [1.807, 2.05) is 56.3 Å². The van der Waals surface area contributed by atoms with Gasteiger partial charge in [-0.05, 0) is 48.0 Å². The fraction of sp³-hybridized carbons (Fsp3) is 0.200. The molecule has 0 saturated heterocycles. The number of hydrogen-bond acceptors (Lipinski definition) is 5. The standard InChI is InChI=1S/C20H21N5OS/c1-4-12-24(17-8-6-5-7-9-17)19(26)14-27-20-21-22-23-25(20)18-11-10-15(2)13-16(18)3/h4-11,13H,1,12,14H2,2-3H3. The molecule has 6 nitrogen and oxygen atoms in total. The van der Waals surface area contributed by atoms with Gasteiger partial charge in [0.05, 0.1) is 11.4 Å². The number of carbonyl (C=O) groups excluding carboxylic acids is 1. The lowest BCUT2D eigenvalue weighted by atomic mass is 10.1. The zero-order chi connectivity index (χ0) is 19.2. The molecule has 1 heterocycles. The van der Waals surface area contributed by atoms with Crippen LogP contribution in [0.25, 0.3) is 5.69 Å². The van der Waals surface area contributed by atoms with Crippen molar-refractivity contribution in [3.05, 3.63) is 72.3 Å². The summed E-state index contributed by atoms with van der Waals surface area (Å²) in [7, 11) is 0. The smallest absolute Gasteiger partial charge is 0.237 e. The van der Waals surface area contributed by atoms with Gasteiger partial charge in [-0.15, -0.1) is 11.7 Å². The van der Waals surface area contributed by atoms with Crippen LogP contribution in [0.3, 0.4) is 0 Å². The second-order valence-electron chi connectivity index (χ2n) is 6.08. The molecule has 138 valence electrons. The third kappa shape index (κ3) is 4.43. The van der Waals surface area contributed by atoms with Gasteiger partial charge in [0.1, 0.15) is 0 Å². The summed E-state index contributed by atoms with van der Waals surface area (Å²) < 4.78 is 1.67. The van der Waals surface area contributed by atoms with Crippen molar-refractivity contribution in [2.24, 2.45) is 0 Å². The van der Waals surface area contributed by atoms with Crippen molar-refractivity contribution in [3.8, 4) is 5.69 Å². The number of benzene rings is 2. The van der Waals surface area contributed by atoms with E-state index in [9.17, 15) is 4.79 Å². The molecule has 0 bridgehead atoms. The van der Waals surface area contributed by atoms with E-state index in [1.165, 1.54) is 17.3 Å². The molecule has 27 heavy (non-hydrogen) atoms. The number of nitrogens with zero attached hydrogens (tertiary/aromatic N) is 5. The molecule has 0 saturated carbocycles. The van der Waals surface area contributed by atoms with Gasteiger partial charge in [0.25, 0.3) is 0 Å². The van der Waals surface area contributed by atoms with Crippen LogP contribution in [0.5, 0.6) is 0 Å². The lowest BCUT2D eigenvalue weighted by Crippen LogP contribution is -2.32. The third-order valence-electron chi connectivity index (χ3n) is 4.03. The van der Waals surface area contributed by atoms with Crippen LogP contribution >= 0.6 is 11.8 Å². The van der Waals surface area contributed by atoms with E-state index in [1.54, 1.807) is 15.7 Å². The number of anilines is 1. The Balaban J connectivity index is 1.76. The van der Waals surface area contributed by atoms with Crippen molar-refractivity contribution < 1.29 is 4.79 Å². The van der Waals surface area contributed by atoms with Crippen LogP contribution in [0.4, 0.5) is 5.69 Å². The minimum Gasteiger partial charge on any atom is -0.308 e. The monoisotopic (exact) mass is 379 g/mol. The predicted molar refractivity (Wildman–Crippen MR) is 108 cm³/mol. The molecule has 0 fully saturated rings. The maximum Gasteiger partial charge on any atom is 0.237 e. The van der Waals surface area contributed by atoms with Crippen molar-refractivity contribution >= 4 is 23.4 Å². The van der Waals surface area contributed by atoms with Crippen molar-refractivity contribution in [2.75, 3.05) is 17.2 Å². The van der Waals surface area contributed by atoms with Gasteiger partial charge in [0.2, 0.25) is 11.1 Å². The molecule has 0 aliphatic rings. The number of tetrazole rings is 1. The molecule has 3 aromatic rings. The molecule has 0 unspecified atom stereocenters. The van der Waals surface area contributed by atoms with Gasteiger partial charge in [-0.2, -0.15) is 4.68 Å². The van der Waals surface area contributed by atoms with Crippen LogP contribution in [-0.2, 0) is 4.79 Å². The molecular weight excluding hydrogens is 358 g/mol. The molecule has 0 spiro atoms. The van der Waals surface area contributed by atoms with E-state index < -0.39 is 0 Å². The largest absolute Gasteiger partial charge is 0.308 e. The number of hydrogen-bond donors (Lipinski definition) is 0. The number of aryl methyl sites for hydroxylation is 2. The van der Waals surface area contributed by atoms with Gasteiger partial charge in [-0.1, -0.05) is 53.7 Å². The van der Waals surface area contributed by atoms with Gasteiger partial charge in [0.15, 0.2) is 0 Å². The number of amides is 1. The Bertz CT molecular complexity index is 939. The Morgan fingerprint density at radius 1 is 1.22 bits per heavy atom. The number of para-hydroxylation sites is 1. The number of thioether (sulfide) groups is 1. The summed E-state index contributed by atoms with van der Waals surface area (Å²) in [4.78, 5) is 14.5. The van der Waals surface area contributed by atoms with Crippen LogP contribution in [0.1, 0.15) is 11.1 Å². The topological polar surface area (TPSA) is 63.9 Å². The molecule has 0 atom stereocenters. The van der Waals surface area contributed by atoms with Crippen LogP contribution in [0.2, 0.25) is 0 Å². The predicted octanol–water partition coefficient (Wildman–Crippen LogP) is 3.59. The van der Waals surface area contributed by atoms with E-state index in [-0.39, 0.29) is 11.7 Å². The number of aromatic nitrogens is 4. The fourth-order valence-corrected chi connectivity index (χ4v) is 3.52. The number of rotatable bonds is 7. The van der Waals surface area contributed by atoms with Crippen molar-refractivity contribution in [1.29, 1.82) is 0 Å². The van der Waals surface area contributed by atoms with Gasteiger partial charge in [-0.25, -0.2) is 0 Å². The Hall–Kier alpha value is -2.93. The van der Waals surface area contributed by atoms with Crippen molar-refractivity contribution in [2.45, 2.75) is 19.0 Å². The van der Waals surface area contributed by atoms with Gasteiger partial charge in [0, 0.05) is 12.2 Å². The molecule has 1 amide bonds. The first kappa shape index (κ1) is 18.8. The first-order valence-corrected chi connectivity index (χ1v) is 9.54. The summed E-state index contributed by atoms with van der Waals surface area (Å²) in [6.07, 6.45) is 1.72. The SMILES string of the molecule is C=CCN(C(=O)CSc1nnnn1-c1ccc(C)cc1C)c1ccccc1. The zero-order valence-electron chi connectivity index (χ0n) is 15.4. The fourth-order valence-electron chi connectivity index (χ4n) is 2.76. The highest BCUT2D eigenvalue weighted by Crippen LogP contribution is 2.23. The molecule has 0 N–H and O–H groups in total. The number of carbonyl (C=O) groups is 1. The Morgan fingerprint density at radius 3 is 2.70 bits per heavy atom. The first-order chi connectivity index (χ1) is 13.1. The van der Waals surface area contributed by atoms with E-state index in [0.29, 0.717) is 11.7 Å². The highest BCUT2D eigenvalue weighted by atomic mass is 32.2. The molecular formula is C20H21N5OS. The zero-order valence-corrected chi connectivity index (χ0v) is 16.2. The quantitative estimate of drug-likeness (QED) is 0.464. The normalized spacial score (nSPS) is 10.6. The summed E-state index contributed by atoms with van der Waals surface area (Å²) >= 11 is 1.32. The van der Waals surface area contributed by atoms with Gasteiger partial charge in [-0.3, -0.25) is 4.79 Å². The maximum absolute atomic E-state index is 12.8. The molecule has 0 aliphatic heterocycles. The van der Waals surface area contributed by atoms with Gasteiger partial charge < -0.3 is 4.90 Å². The van der Waals surface area contributed by atoms with E-state index in [4.69, 9.17) is 0 Å². The Labute approximate surface area is 162 Å². The third-order valence-corrected chi connectivity index (χ3v) is 4.93. The average Bonchev–Trinajstić information content (AvgIpc) is 3.13. The summed E-state index contributed by atoms with van der Waals surface area (Å²) in [5, 5.41) is 12.5. The first-order valence-electron chi connectivity index (χ1n) is 8.55. The molecule has 2 aromatic carbocycles. The van der Waals surface area contributed by atoms with E-state index in [0.717, 1.165) is 16.9 Å². The Morgan fingerprint density at radius 2 is 2.00 bits per heavy atom. The lowest BCUT2D eigenvalue weighted by Gasteiger charge is -2.21. The molecule has 0 radical (unpaired) electrons. The summed E-state index contributed by atoms with van der Waals surface area (Å²) in [6, 6.07) is 15.6. The minimum atomic E-state index is -0.0266. The average molecular weight is 379 g/mol. The van der Waals surface area contributed by atoms with Crippen molar-refractivity contribution in [3.63, 3.8) is 0 Å². The Kier molecular flexibility index (Phi) is 6.03. The summed E-state index contributed by atoms with van der Waals surface area (Å²) in [5.74, 6) is 0.204. The highest BCUT2D eigenvalue weighted by molar-refractivity contribution is 7.99. The van der Waals surface area contributed by atoms with Crippen LogP contribution in [0.15, 0.2) is 66.3 Å². The van der Waals surface area contributed by atoms with Crippen LogP contribution in [0, 0.1) is 13.8 Å². The summed E-state index contributed by atoms with van der Waals surface area (Å²) in [6.45, 7) is 8.26. The van der Waals surface area contributed by atoms with Crippen LogP contribution < -0.4 is 4.90 Å². The highest BCUT2D eigenvalue weighted by Gasteiger charge is 2.17. The maximum atomic E-state index is 12.8. The summed E-state index contributed by atoms with van der Waals surface area (Å²) in [5.41, 5.74) is 4.01. The van der Waals surface area contributed by atoms with Crippen LogP contribution in [-0.4, -0.2) is 38.4 Å². The van der Waals surface area contributed by atoms with E-state index >= 15 is 0 Å². The molecule has 1 aromatic heterocycles. The van der Waals surface area contributed by atoms with Gasteiger partial charge >= 0.3 is 0 Å². The molecule has 7 heteroatoms. The second-order valence-corrected chi connectivity index (χ2v) is 7.02. The lowest BCUT2D eigenvalue weighted by molar-refractivity contribution is -0.116. The van der Waals surface area contributed by atoms with E-state index in [2.05, 4.69) is 28.2 Å². The molecule has 3 rings (SSSR count). The minimum absolute atomic E-state index is 0.0266. The van der Waals surface area contributed by atoms with Crippen molar-refractivity contribution in [1.82, 2.24) is 20.2 Å². The molecule has 0 aliphatic carbocycles. The second kappa shape index (κ2) is 8.64.